The molecule has 8 nitrogen and oxygen atoms in total. The molecule has 1 heterocycles. The summed E-state index contributed by atoms with van der Waals surface area (Å²) in [5.41, 5.74) is 2.48. The molecule has 2 aromatic carbocycles. The van der Waals surface area contributed by atoms with E-state index in [1.807, 2.05) is 36.4 Å². The molecule has 5 rings (SSSR count). The lowest BCUT2D eigenvalue weighted by atomic mass is 9.96. The number of amides is 2. The second-order valence-corrected chi connectivity index (χ2v) is 9.14. The summed E-state index contributed by atoms with van der Waals surface area (Å²) in [5, 5.41) is 14.7. The zero-order valence-corrected chi connectivity index (χ0v) is 18.1. The molecular weight excluding hydrogens is 424 g/mol. The van der Waals surface area contributed by atoms with Crippen molar-refractivity contribution in [2.75, 3.05) is 19.8 Å². The molecule has 1 saturated heterocycles. The second-order valence-electron chi connectivity index (χ2n) is 9.14. The van der Waals surface area contributed by atoms with Gasteiger partial charge in [0, 0.05) is 18.9 Å². The van der Waals surface area contributed by atoms with Crippen LogP contribution in [0.25, 0.3) is 11.1 Å². The van der Waals surface area contributed by atoms with Crippen molar-refractivity contribution in [3.8, 4) is 11.1 Å². The first-order chi connectivity index (χ1) is 15.9. The first-order valence-corrected chi connectivity index (χ1v) is 11.2. The van der Waals surface area contributed by atoms with E-state index in [1.165, 1.54) is 0 Å². The fraction of sp³-hybridized carbons (Fsp3) is 0.400. The molecule has 3 N–H and O–H groups in total. The molecule has 1 atom stereocenters. The highest BCUT2D eigenvalue weighted by Gasteiger charge is 2.52. The number of fused-ring (bicyclic) bond motifs is 3. The van der Waals surface area contributed by atoms with Crippen molar-refractivity contribution in [3.63, 3.8) is 0 Å². The molecule has 1 saturated carbocycles. The maximum atomic E-state index is 13.1. The van der Waals surface area contributed by atoms with E-state index in [0.29, 0.717) is 25.9 Å². The third-order valence-electron chi connectivity index (χ3n) is 6.86. The summed E-state index contributed by atoms with van der Waals surface area (Å²) in [6.45, 7) is 0.483. The van der Waals surface area contributed by atoms with Gasteiger partial charge in [0.05, 0.1) is 18.6 Å². The van der Waals surface area contributed by atoms with Gasteiger partial charge in [-0.05, 0) is 35.1 Å². The van der Waals surface area contributed by atoms with Crippen LogP contribution in [-0.4, -0.2) is 54.0 Å². The lowest BCUT2D eigenvalue weighted by Crippen LogP contribution is -2.61. The van der Waals surface area contributed by atoms with E-state index in [2.05, 4.69) is 22.8 Å². The number of carbonyl (C=O) groups is 3. The summed E-state index contributed by atoms with van der Waals surface area (Å²) >= 11 is 0. The van der Waals surface area contributed by atoms with Gasteiger partial charge in [-0.1, -0.05) is 48.5 Å². The number of rotatable bonds is 7. The molecule has 33 heavy (non-hydrogen) atoms. The van der Waals surface area contributed by atoms with Crippen LogP contribution in [0.2, 0.25) is 0 Å². The SMILES string of the molecule is O=C(O)CC1(NC(=O)C2(NC(=O)OCC3c4ccccc4-c4ccccc43)CCOC2)CC1. The minimum Gasteiger partial charge on any atom is -0.481 e. The smallest absolute Gasteiger partial charge is 0.408 e. The van der Waals surface area contributed by atoms with Gasteiger partial charge in [0.15, 0.2) is 0 Å². The number of nitrogens with one attached hydrogen (secondary N) is 2. The van der Waals surface area contributed by atoms with Gasteiger partial charge in [-0.2, -0.15) is 0 Å². The number of hydrogen-bond donors (Lipinski definition) is 3. The van der Waals surface area contributed by atoms with E-state index < -0.39 is 29.0 Å². The molecule has 8 heteroatoms. The molecule has 0 aromatic heterocycles. The van der Waals surface area contributed by atoms with Gasteiger partial charge in [-0.25, -0.2) is 4.79 Å². The van der Waals surface area contributed by atoms with E-state index in [-0.39, 0.29) is 25.6 Å². The van der Waals surface area contributed by atoms with E-state index >= 15 is 0 Å². The minimum absolute atomic E-state index is 0.0200. The Bertz CT molecular complexity index is 1060. The van der Waals surface area contributed by atoms with Gasteiger partial charge in [0.1, 0.15) is 12.1 Å². The maximum Gasteiger partial charge on any atom is 0.408 e. The van der Waals surface area contributed by atoms with Crippen LogP contribution >= 0.6 is 0 Å². The average molecular weight is 450 g/mol. The topological polar surface area (TPSA) is 114 Å². The summed E-state index contributed by atoms with van der Waals surface area (Å²) in [6.07, 6.45) is 0.674. The first-order valence-electron chi connectivity index (χ1n) is 11.2. The quantitative estimate of drug-likeness (QED) is 0.598. The Labute approximate surface area is 191 Å². The Morgan fingerprint density at radius 3 is 2.15 bits per heavy atom. The van der Waals surface area contributed by atoms with E-state index in [1.54, 1.807) is 0 Å². The number of alkyl carbamates (subject to hydrolysis) is 1. The molecule has 3 aliphatic rings. The number of ether oxygens (including phenoxy) is 2. The fourth-order valence-corrected chi connectivity index (χ4v) is 4.88. The zero-order chi connectivity index (χ0) is 23.1. The first kappa shape index (κ1) is 21.5. The largest absolute Gasteiger partial charge is 0.481 e. The van der Waals surface area contributed by atoms with Gasteiger partial charge in [-0.3, -0.25) is 9.59 Å². The summed E-state index contributed by atoms with van der Waals surface area (Å²) in [7, 11) is 0. The molecule has 1 aliphatic heterocycles. The molecule has 0 spiro atoms. The molecule has 2 aromatic rings. The van der Waals surface area contributed by atoms with Crippen LogP contribution in [0, 0.1) is 0 Å². The minimum atomic E-state index is -1.27. The molecular formula is C25H26N2O6. The van der Waals surface area contributed by atoms with Crippen molar-refractivity contribution in [1.82, 2.24) is 10.6 Å². The van der Waals surface area contributed by atoms with Crippen molar-refractivity contribution >= 4 is 18.0 Å². The average Bonchev–Trinajstić information content (AvgIpc) is 3.24. The van der Waals surface area contributed by atoms with E-state index in [9.17, 15) is 14.4 Å². The standard InChI is InChI=1S/C25H26N2O6/c28-21(29)13-24(9-10-24)26-22(30)25(11-12-32-15-25)27-23(31)33-14-20-18-7-3-1-5-16(18)17-6-2-4-8-19(17)20/h1-8,20H,9-15H2,(H,26,30)(H,27,31)(H,28,29). The number of carboxylic acids is 1. The van der Waals surface area contributed by atoms with Gasteiger partial charge < -0.3 is 25.2 Å². The summed E-state index contributed by atoms with van der Waals surface area (Å²) < 4.78 is 11.0. The highest BCUT2D eigenvalue weighted by Crippen LogP contribution is 2.44. The van der Waals surface area contributed by atoms with Crippen LogP contribution in [-0.2, 0) is 19.1 Å². The number of carbonyl (C=O) groups excluding carboxylic acids is 2. The highest BCUT2D eigenvalue weighted by atomic mass is 16.6. The van der Waals surface area contributed by atoms with Gasteiger partial charge in [0.25, 0.3) is 0 Å². The van der Waals surface area contributed by atoms with Gasteiger partial charge >= 0.3 is 12.1 Å². The third kappa shape index (κ3) is 4.06. The van der Waals surface area contributed by atoms with Crippen molar-refractivity contribution in [2.45, 2.75) is 42.7 Å². The maximum absolute atomic E-state index is 13.1. The van der Waals surface area contributed by atoms with Crippen molar-refractivity contribution < 1.29 is 29.0 Å². The Kier molecular flexibility index (Phi) is 5.32. The summed E-state index contributed by atoms with van der Waals surface area (Å²) in [5.74, 6) is -1.47. The number of carboxylic acid groups (broad SMARTS) is 1. The molecule has 2 aliphatic carbocycles. The number of hydrogen-bond acceptors (Lipinski definition) is 5. The molecule has 2 fully saturated rings. The van der Waals surface area contributed by atoms with Crippen LogP contribution in [0.5, 0.6) is 0 Å². The zero-order valence-electron chi connectivity index (χ0n) is 18.1. The predicted molar refractivity (Wildman–Crippen MR) is 119 cm³/mol. The van der Waals surface area contributed by atoms with Crippen molar-refractivity contribution in [1.29, 1.82) is 0 Å². The van der Waals surface area contributed by atoms with Crippen molar-refractivity contribution in [2.24, 2.45) is 0 Å². The summed E-state index contributed by atoms with van der Waals surface area (Å²) in [6, 6.07) is 16.1. The lowest BCUT2D eigenvalue weighted by molar-refractivity contribution is -0.138. The molecule has 0 bridgehead atoms. The van der Waals surface area contributed by atoms with Crippen LogP contribution < -0.4 is 10.6 Å². The molecule has 172 valence electrons. The number of aliphatic carboxylic acids is 1. The molecule has 1 unspecified atom stereocenters. The normalized spacial score (nSPS) is 22.2. The Morgan fingerprint density at radius 1 is 0.970 bits per heavy atom. The lowest BCUT2D eigenvalue weighted by Gasteiger charge is -2.29. The summed E-state index contributed by atoms with van der Waals surface area (Å²) in [4.78, 5) is 37.0. The van der Waals surface area contributed by atoms with Gasteiger partial charge in [-0.15, -0.1) is 0 Å². The second kappa shape index (κ2) is 8.19. The molecule has 0 radical (unpaired) electrons. The Morgan fingerprint density at radius 2 is 1.61 bits per heavy atom. The Hall–Kier alpha value is -3.39. The van der Waals surface area contributed by atoms with Crippen LogP contribution in [0.3, 0.4) is 0 Å². The van der Waals surface area contributed by atoms with Crippen LogP contribution in [0.1, 0.15) is 42.7 Å². The Balaban J connectivity index is 1.26. The van der Waals surface area contributed by atoms with Crippen LogP contribution in [0.15, 0.2) is 48.5 Å². The predicted octanol–water partition coefficient (Wildman–Crippen LogP) is 2.81. The highest BCUT2D eigenvalue weighted by molar-refractivity contribution is 5.91. The van der Waals surface area contributed by atoms with E-state index in [4.69, 9.17) is 14.6 Å². The van der Waals surface area contributed by atoms with Crippen molar-refractivity contribution in [3.05, 3.63) is 59.7 Å². The van der Waals surface area contributed by atoms with E-state index in [0.717, 1.165) is 22.3 Å². The molecule has 2 amide bonds. The number of benzene rings is 2. The third-order valence-corrected chi connectivity index (χ3v) is 6.86. The monoisotopic (exact) mass is 450 g/mol. The van der Waals surface area contributed by atoms with Crippen LogP contribution in [0.4, 0.5) is 4.79 Å². The fourth-order valence-electron chi connectivity index (χ4n) is 4.88. The van der Waals surface area contributed by atoms with Gasteiger partial charge in [0.2, 0.25) is 5.91 Å².